The number of halogens is 1. The Morgan fingerprint density at radius 1 is 1.23 bits per heavy atom. The predicted molar refractivity (Wildman–Crippen MR) is 169 cm³/mol. The van der Waals surface area contributed by atoms with Gasteiger partial charge in [-0.1, -0.05) is 38.1 Å². The molecular formula is C29H35ClN4O8S2. The minimum Gasteiger partial charge on any atom is -0.506 e. The molecule has 238 valence electrons. The van der Waals surface area contributed by atoms with Crippen LogP contribution in [0, 0.1) is 5.92 Å². The fourth-order valence-electron chi connectivity index (χ4n) is 5.66. The van der Waals surface area contributed by atoms with Gasteiger partial charge in [0.05, 0.1) is 11.9 Å². The van der Waals surface area contributed by atoms with Crippen LogP contribution in [0.5, 0.6) is 0 Å². The second kappa shape index (κ2) is 12.5. The number of benzene rings is 2. The van der Waals surface area contributed by atoms with E-state index in [9.17, 15) is 31.5 Å². The van der Waals surface area contributed by atoms with Crippen LogP contribution in [-0.2, 0) is 39.8 Å². The third kappa shape index (κ3) is 6.34. The summed E-state index contributed by atoms with van der Waals surface area (Å²) in [5.74, 6) is -2.47. The number of esters is 1. The van der Waals surface area contributed by atoms with E-state index < -0.39 is 54.4 Å². The van der Waals surface area contributed by atoms with Gasteiger partial charge in [0, 0.05) is 17.3 Å². The van der Waals surface area contributed by atoms with E-state index in [4.69, 9.17) is 4.74 Å². The predicted octanol–water partition coefficient (Wildman–Crippen LogP) is 3.51. The van der Waals surface area contributed by atoms with Crippen molar-refractivity contribution in [2.45, 2.75) is 55.9 Å². The number of ketones is 1. The van der Waals surface area contributed by atoms with E-state index >= 15 is 0 Å². The van der Waals surface area contributed by atoms with Crippen molar-refractivity contribution < 1.29 is 36.3 Å². The van der Waals surface area contributed by atoms with E-state index in [0.29, 0.717) is 6.42 Å². The third-order valence-electron chi connectivity index (χ3n) is 7.78. The lowest BCUT2D eigenvalue weighted by Gasteiger charge is -2.37. The zero-order valence-corrected chi connectivity index (χ0v) is 26.9. The van der Waals surface area contributed by atoms with Crippen LogP contribution in [0.15, 0.2) is 57.3 Å². The van der Waals surface area contributed by atoms with Gasteiger partial charge in [0.15, 0.2) is 17.0 Å². The maximum atomic E-state index is 14.6. The molecule has 1 fully saturated rings. The van der Waals surface area contributed by atoms with E-state index in [1.54, 1.807) is 24.3 Å². The first-order valence-electron chi connectivity index (χ1n) is 14.0. The number of aliphatic hydroxyl groups excluding tert-OH is 1. The van der Waals surface area contributed by atoms with Crippen LogP contribution in [0.2, 0.25) is 0 Å². The van der Waals surface area contributed by atoms with Crippen molar-refractivity contribution in [3.8, 4) is 0 Å². The van der Waals surface area contributed by atoms with Gasteiger partial charge >= 0.3 is 5.97 Å². The number of sulfonamides is 2. The molecule has 12 nitrogen and oxygen atoms in total. The largest absolute Gasteiger partial charge is 0.506 e. The monoisotopic (exact) mass is 666 g/mol. The maximum Gasteiger partial charge on any atom is 0.324 e. The number of anilines is 2. The SMILES string of the molecule is CC(C)CC[C@@]1(C(=O)OC[C@H]2CCCN2)C(=O)C(C2=NS(=O)(=O)c3cc(NS(C)(=O)=O)ccc3N2)=C(O)c2ccccc21.Cl. The molecule has 15 heteroatoms. The van der Waals surface area contributed by atoms with Crippen molar-refractivity contribution >= 4 is 67.2 Å². The van der Waals surface area contributed by atoms with E-state index in [2.05, 4.69) is 19.8 Å². The zero-order chi connectivity index (χ0) is 31.2. The number of rotatable bonds is 9. The van der Waals surface area contributed by atoms with Crippen molar-refractivity contribution in [2.24, 2.45) is 10.3 Å². The van der Waals surface area contributed by atoms with E-state index in [1.165, 1.54) is 12.1 Å². The first-order chi connectivity index (χ1) is 20.2. The molecule has 0 aromatic heterocycles. The number of carbonyl (C=O) groups excluding carboxylic acids is 2. The van der Waals surface area contributed by atoms with Crippen LogP contribution >= 0.6 is 12.4 Å². The molecule has 44 heavy (non-hydrogen) atoms. The van der Waals surface area contributed by atoms with E-state index in [-0.39, 0.29) is 64.8 Å². The summed E-state index contributed by atoms with van der Waals surface area (Å²) in [6, 6.07) is 10.2. The molecule has 0 radical (unpaired) electrons. The second-order valence-electron chi connectivity index (χ2n) is 11.5. The number of ether oxygens (including phenoxy) is 1. The molecule has 1 saturated heterocycles. The number of hydrogen-bond acceptors (Lipinski definition) is 10. The van der Waals surface area contributed by atoms with Crippen LogP contribution in [-0.4, -0.2) is 65.0 Å². The van der Waals surface area contributed by atoms with Crippen molar-refractivity contribution in [2.75, 3.05) is 29.4 Å². The van der Waals surface area contributed by atoms with Crippen LogP contribution in [0.25, 0.3) is 5.76 Å². The highest BCUT2D eigenvalue weighted by molar-refractivity contribution is 7.92. The Morgan fingerprint density at radius 3 is 2.61 bits per heavy atom. The van der Waals surface area contributed by atoms with Gasteiger partial charge in [-0.05, 0) is 61.9 Å². The fourth-order valence-corrected chi connectivity index (χ4v) is 7.36. The Labute approximate surface area is 262 Å². The summed E-state index contributed by atoms with van der Waals surface area (Å²) >= 11 is 0. The quantitative estimate of drug-likeness (QED) is 0.228. The highest BCUT2D eigenvalue weighted by atomic mass is 35.5. The topological polar surface area (TPSA) is 180 Å². The molecule has 2 aromatic rings. The summed E-state index contributed by atoms with van der Waals surface area (Å²) in [5, 5.41) is 17.5. The molecule has 2 aliphatic heterocycles. The lowest BCUT2D eigenvalue weighted by atomic mass is 9.65. The smallest absolute Gasteiger partial charge is 0.324 e. The summed E-state index contributed by atoms with van der Waals surface area (Å²) in [5.41, 5.74) is -1.83. The fraction of sp³-hybridized carbons (Fsp3) is 0.414. The normalized spacial score (nSPS) is 22.3. The Hall–Kier alpha value is -3.46. The molecule has 0 bridgehead atoms. The van der Waals surface area contributed by atoms with Crippen LogP contribution in [0.4, 0.5) is 11.4 Å². The van der Waals surface area contributed by atoms with Crippen molar-refractivity contribution in [1.82, 2.24) is 5.32 Å². The minimum atomic E-state index is -4.48. The lowest BCUT2D eigenvalue weighted by molar-refractivity contribution is -0.155. The highest BCUT2D eigenvalue weighted by Crippen LogP contribution is 2.45. The van der Waals surface area contributed by atoms with Gasteiger partial charge in [0.1, 0.15) is 22.8 Å². The average Bonchev–Trinajstić information content (AvgIpc) is 3.45. The molecule has 5 rings (SSSR count). The number of aliphatic hydroxyl groups is 1. The van der Waals surface area contributed by atoms with Gasteiger partial charge in [-0.3, -0.25) is 14.3 Å². The zero-order valence-electron chi connectivity index (χ0n) is 24.4. The first kappa shape index (κ1) is 33.4. The van der Waals surface area contributed by atoms with E-state index in [0.717, 1.165) is 31.7 Å². The van der Waals surface area contributed by atoms with Gasteiger partial charge in [-0.25, -0.2) is 8.42 Å². The average molecular weight is 667 g/mol. The standard InChI is InChI=1S/C29H34N4O8S2.ClH/c1-17(2)12-13-29(28(36)41-16-19-7-6-14-30-19)21-9-5-4-8-20(21)25(34)24(26(29)35)27-31-22-11-10-18(32-42(3,37)38)15-23(22)43(39,40)33-27;/h4-5,8-11,15,17,19,30,32,34H,6-7,12-14,16H2,1-3H3,(H,31,33);1H/t19-,29+;/m1./s1. The van der Waals surface area contributed by atoms with Gasteiger partial charge in [0.2, 0.25) is 10.0 Å². The Kier molecular flexibility index (Phi) is 9.50. The molecule has 0 unspecified atom stereocenters. The third-order valence-corrected chi connectivity index (χ3v) is 9.70. The number of carbonyl (C=O) groups is 2. The molecule has 0 saturated carbocycles. The highest BCUT2D eigenvalue weighted by Gasteiger charge is 2.55. The Balaban J connectivity index is 0.00000442. The van der Waals surface area contributed by atoms with Crippen molar-refractivity contribution in [3.63, 3.8) is 0 Å². The number of Topliss-reactive ketones (excluding diaryl/α,β-unsaturated/α-hetero) is 1. The van der Waals surface area contributed by atoms with Crippen LogP contribution < -0.4 is 15.4 Å². The minimum absolute atomic E-state index is 0. The number of nitrogens with one attached hydrogen (secondary N) is 3. The van der Waals surface area contributed by atoms with Gasteiger partial charge in [-0.2, -0.15) is 8.42 Å². The summed E-state index contributed by atoms with van der Waals surface area (Å²) in [6.45, 7) is 4.78. The van der Waals surface area contributed by atoms with Gasteiger partial charge in [0.25, 0.3) is 10.0 Å². The molecule has 1 aliphatic carbocycles. The summed E-state index contributed by atoms with van der Waals surface area (Å²) < 4.78 is 61.9. The Bertz CT molecular complexity index is 1770. The van der Waals surface area contributed by atoms with E-state index in [1.807, 2.05) is 13.8 Å². The number of nitrogens with zero attached hydrogens (tertiary/aromatic N) is 1. The number of fused-ring (bicyclic) bond motifs is 2. The molecule has 2 heterocycles. The molecule has 2 atom stereocenters. The van der Waals surface area contributed by atoms with Crippen LogP contribution in [0.3, 0.4) is 0 Å². The molecule has 3 aliphatic rings. The van der Waals surface area contributed by atoms with Gasteiger partial charge in [-0.15, -0.1) is 16.8 Å². The molecule has 2 aromatic carbocycles. The maximum absolute atomic E-state index is 14.6. The molecule has 0 spiro atoms. The Morgan fingerprint density at radius 2 is 1.95 bits per heavy atom. The molecular weight excluding hydrogens is 632 g/mol. The van der Waals surface area contributed by atoms with Crippen molar-refractivity contribution in [3.05, 3.63) is 59.2 Å². The lowest BCUT2D eigenvalue weighted by Crippen LogP contribution is -2.51. The molecule has 0 amide bonds. The second-order valence-corrected chi connectivity index (χ2v) is 14.8. The van der Waals surface area contributed by atoms with Gasteiger partial charge < -0.3 is 20.5 Å². The van der Waals surface area contributed by atoms with Crippen molar-refractivity contribution in [1.29, 1.82) is 0 Å². The number of hydrogen-bond donors (Lipinski definition) is 4. The molecule has 4 N–H and O–H groups in total. The van der Waals surface area contributed by atoms with Crippen LogP contribution in [0.1, 0.15) is 50.7 Å². The first-order valence-corrected chi connectivity index (χ1v) is 17.3. The summed E-state index contributed by atoms with van der Waals surface area (Å²) in [7, 11) is -8.17. The summed E-state index contributed by atoms with van der Waals surface area (Å²) in [4.78, 5) is 28.3. The summed E-state index contributed by atoms with van der Waals surface area (Å²) in [6.07, 6.45) is 3.21. The number of amidine groups is 1.